The minimum Gasteiger partial charge on any atom is -0.507 e. The number of rotatable bonds is 2. The van der Waals surface area contributed by atoms with E-state index in [-0.39, 0.29) is 40.0 Å². The molecular weight excluding hydrogens is 288 g/mol. The van der Waals surface area contributed by atoms with Gasteiger partial charge in [0.25, 0.3) is 0 Å². The van der Waals surface area contributed by atoms with Crippen LogP contribution in [0.3, 0.4) is 0 Å². The summed E-state index contributed by atoms with van der Waals surface area (Å²) >= 11 is 0. The minimum absolute atomic E-state index is 0.0467. The maximum absolute atomic E-state index is 12.2. The quantitative estimate of drug-likeness (QED) is 0.629. The molecule has 0 fully saturated rings. The van der Waals surface area contributed by atoms with Gasteiger partial charge in [0.2, 0.25) is 0 Å². The number of hydrogen-bond acceptors (Lipinski definition) is 6. The molecule has 0 amide bonds. The second-order valence-electron chi connectivity index (χ2n) is 4.60. The van der Waals surface area contributed by atoms with E-state index >= 15 is 0 Å². The molecular formula is C16H12O6. The molecule has 1 heterocycles. The maximum Gasteiger partial charge on any atom is 0.197 e. The summed E-state index contributed by atoms with van der Waals surface area (Å²) in [5, 5.41) is 28.8. The summed E-state index contributed by atoms with van der Waals surface area (Å²) in [5.41, 5.74) is -0.124. The number of hydrogen-bond donors (Lipinski definition) is 3. The SMILES string of the molecule is [2H]c1c(OC)cc2oc(-c3ccc(O)c(O)c3)cc(=O)c2c1O. The van der Waals surface area contributed by atoms with Crippen molar-refractivity contribution < 1.29 is 25.8 Å². The summed E-state index contributed by atoms with van der Waals surface area (Å²) in [5.74, 6) is -0.976. The van der Waals surface area contributed by atoms with Gasteiger partial charge in [-0.15, -0.1) is 0 Å². The Bertz CT molecular complexity index is 976. The van der Waals surface area contributed by atoms with Gasteiger partial charge in [-0.05, 0) is 18.2 Å². The summed E-state index contributed by atoms with van der Waals surface area (Å²) in [4.78, 5) is 12.2. The van der Waals surface area contributed by atoms with E-state index in [4.69, 9.17) is 10.5 Å². The van der Waals surface area contributed by atoms with Crippen LogP contribution in [0.4, 0.5) is 0 Å². The van der Waals surface area contributed by atoms with Gasteiger partial charge >= 0.3 is 0 Å². The van der Waals surface area contributed by atoms with Crippen molar-refractivity contribution in [3.05, 3.63) is 46.6 Å². The Kier molecular flexibility index (Phi) is 2.86. The molecule has 6 heteroatoms. The highest BCUT2D eigenvalue weighted by Gasteiger charge is 2.13. The molecule has 0 bridgehead atoms. The van der Waals surface area contributed by atoms with E-state index in [0.29, 0.717) is 5.56 Å². The van der Waals surface area contributed by atoms with Gasteiger partial charge in [0.15, 0.2) is 16.9 Å². The number of fused-ring (bicyclic) bond motifs is 1. The lowest BCUT2D eigenvalue weighted by molar-refractivity contribution is 0.403. The van der Waals surface area contributed by atoms with Crippen molar-refractivity contribution in [1.29, 1.82) is 0 Å². The number of methoxy groups -OCH3 is 1. The molecule has 3 N–H and O–H groups in total. The van der Waals surface area contributed by atoms with Crippen LogP contribution < -0.4 is 10.2 Å². The molecule has 0 unspecified atom stereocenters. The van der Waals surface area contributed by atoms with Gasteiger partial charge in [0.05, 0.1) is 8.48 Å². The van der Waals surface area contributed by atoms with Gasteiger partial charge in [-0.1, -0.05) is 0 Å². The second kappa shape index (κ2) is 5.00. The first-order chi connectivity index (χ1) is 10.9. The van der Waals surface area contributed by atoms with Crippen molar-refractivity contribution in [2.75, 3.05) is 7.11 Å². The highest BCUT2D eigenvalue weighted by Crippen LogP contribution is 2.33. The summed E-state index contributed by atoms with van der Waals surface area (Å²) in [6, 6.07) is 6.15. The van der Waals surface area contributed by atoms with Crippen molar-refractivity contribution in [2.24, 2.45) is 0 Å². The lowest BCUT2D eigenvalue weighted by atomic mass is 10.1. The molecule has 6 nitrogen and oxygen atoms in total. The topological polar surface area (TPSA) is 100 Å². The molecule has 3 rings (SSSR count). The predicted molar refractivity (Wildman–Crippen MR) is 79.5 cm³/mol. The minimum atomic E-state index is -0.539. The summed E-state index contributed by atoms with van der Waals surface area (Å²) in [7, 11) is 1.33. The van der Waals surface area contributed by atoms with E-state index in [1.165, 1.54) is 31.4 Å². The van der Waals surface area contributed by atoms with Gasteiger partial charge in [-0.25, -0.2) is 0 Å². The highest BCUT2D eigenvalue weighted by atomic mass is 16.5. The zero-order valence-electron chi connectivity index (χ0n) is 12.5. The Morgan fingerprint density at radius 1 is 1.09 bits per heavy atom. The molecule has 0 saturated carbocycles. The number of benzene rings is 2. The van der Waals surface area contributed by atoms with Gasteiger partial charge in [0.1, 0.15) is 28.2 Å². The molecule has 0 saturated heterocycles. The van der Waals surface area contributed by atoms with Crippen LogP contribution in [-0.4, -0.2) is 22.4 Å². The van der Waals surface area contributed by atoms with Crippen LogP contribution in [0, 0.1) is 0 Å². The Morgan fingerprint density at radius 3 is 2.55 bits per heavy atom. The number of phenols is 3. The van der Waals surface area contributed by atoms with E-state index in [9.17, 15) is 20.1 Å². The zero-order chi connectivity index (χ0) is 16.7. The average molecular weight is 301 g/mol. The normalized spacial score (nSPS) is 11.4. The van der Waals surface area contributed by atoms with Crippen LogP contribution in [0.5, 0.6) is 23.0 Å². The van der Waals surface area contributed by atoms with Crippen LogP contribution in [-0.2, 0) is 0 Å². The Morgan fingerprint density at radius 2 is 1.86 bits per heavy atom. The monoisotopic (exact) mass is 301 g/mol. The lowest BCUT2D eigenvalue weighted by Crippen LogP contribution is -2.01. The molecule has 0 atom stereocenters. The summed E-state index contributed by atoms with van der Waals surface area (Å²) in [6.07, 6.45) is 0. The summed E-state index contributed by atoms with van der Waals surface area (Å²) in [6.45, 7) is 0. The third-order valence-electron chi connectivity index (χ3n) is 3.20. The molecule has 112 valence electrons. The van der Waals surface area contributed by atoms with E-state index in [1.54, 1.807) is 0 Å². The van der Waals surface area contributed by atoms with Gasteiger partial charge < -0.3 is 24.5 Å². The molecule has 0 aliphatic rings. The van der Waals surface area contributed by atoms with Crippen molar-refractivity contribution in [3.63, 3.8) is 0 Å². The second-order valence-corrected chi connectivity index (χ2v) is 4.60. The van der Waals surface area contributed by atoms with Crippen LogP contribution in [0.15, 0.2) is 45.6 Å². The number of ether oxygens (including phenoxy) is 1. The van der Waals surface area contributed by atoms with E-state index < -0.39 is 11.2 Å². The fraction of sp³-hybridized carbons (Fsp3) is 0.0625. The maximum atomic E-state index is 12.2. The summed E-state index contributed by atoms with van der Waals surface area (Å²) < 4.78 is 18.3. The molecule has 0 radical (unpaired) electrons. The molecule has 22 heavy (non-hydrogen) atoms. The Hall–Kier alpha value is -3.15. The van der Waals surface area contributed by atoms with E-state index in [2.05, 4.69) is 0 Å². The highest BCUT2D eigenvalue weighted by molar-refractivity contribution is 5.86. The molecule has 2 aromatic carbocycles. The average Bonchev–Trinajstić information content (AvgIpc) is 2.52. The number of phenolic OH excluding ortho intramolecular Hbond substituents is 3. The first kappa shape index (κ1) is 12.6. The Labute approximate surface area is 125 Å². The van der Waals surface area contributed by atoms with Crippen molar-refractivity contribution >= 4 is 11.0 Å². The zero-order valence-corrected chi connectivity index (χ0v) is 11.5. The van der Waals surface area contributed by atoms with Crippen molar-refractivity contribution in [3.8, 4) is 34.3 Å². The molecule has 3 aromatic rings. The van der Waals surface area contributed by atoms with Gasteiger partial charge in [-0.3, -0.25) is 4.79 Å². The predicted octanol–water partition coefficient (Wildman–Crippen LogP) is 2.59. The fourth-order valence-electron chi connectivity index (χ4n) is 2.11. The standard InChI is InChI=1S/C16H12O6/c1-21-9-5-12(19)16-13(20)7-14(22-15(16)6-9)8-2-3-10(17)11(18)4-8/h2-7,17-19H,1H3/i5D. The van der Waals surface area contributed by atoms with Crippen LogP contribution in [0.1, 0.15) is 1.37 Å². The fourth-order valence-corrected chi connectivity index (χ4v) is 2.11. The van der Waals surface area contributed by atoms with Crippen molar-refractivity contribution in [1.82, 2.24) is 0 Å². The van der Waals surface area contributed by atoms with Gasteiger partial charge in [-0.2, -0.15) is 0 Å². The number of aromatic hydroxyl groups is 3. The lowest BCUT2D eigenvalue weighted by Gasteiger charge is -2.07. The van der Waals surface area contributed by atoms with E-state index in [0.717, 1.165) is 6.07 Å². The molecule has 0 aliphatic heterocycles. The smallest absolute Gasteiger partial charge is 0.197 e. The van der Waals surface area contributed by atoms with Crippen LogP contribution in [0.2, 0.25) is 0 Å². The Balaban J connectivity index is 2.31. The van der Waals surface area contributed by atoms with Crippen LogP contribution >= 0.6 is 0 Å². The third-order valence-corrected chi connectivity index (χ3v) is 3.20. The third kappa shape index (κ3) is 2.20. The first-order valence-electron chi connectivity index (χ1n) is 6.79. The van der Waals surface area contributed by atoms with Crippen LogP contribution in [0.25, 0.3) is 22.3 Å². The molecule has 0 aliphatic carbocycles. The first-order valence-corrected chi connectivity index (χ1v) is 6.29. The largest absolute Gasteiger partial charge is 0.507 e. The molecule has 0 spiro atoms. The molecule has 1 aromatic heterocycles. The van der Waals surface area contributed by atoms with E-state index in [1.807, 2.05) is 0 Å². The van der Waals surface area contributed by atoms with Gasteiger partial charge in [0, 0.05) is 23.7 Å². The van der Waals surface area contributed by atoms with Crippen molar-refractivity contribution in [2.45, 2.75) is 0 Å².